The fourth-order valence-electron chi connectivity index (χ4n) is 3.10. The average Bonchev–Trinajstić information content (AvgIpc) is 2.69. The van der Waals surface area contributed by atoms with Gasteiger partial charge in [-0.3, -0.25) is 4.79 Å². The molecule has 5 heteroatoms. The summed E-state index contributed by atoms with van der Waals surface area (Å²) in [5, 5.41) is 9.43. The highest BCUT2D eigenvalue weighted by molar-refractivity contribution is 5.79. The summed E-state index contributed by atoms with van der Waals surface area (Å²) in [6.45, 7) is 6.25. The molecule has 0 aromatic carbocycles. The second-order valence-electron chi connectivity index (χ2n) is 6.41. The number of rotatable bonds is 1. The monoisotopic (exact) mass is 255 g/mol. The van der Waals surface area contributed by atoms with E-state index in [4.69, 9.17) is 4.74 Å². The fraction of sp³-hybridized carbons (Fsp3) is 0.846. The molecule has 0 aromatic heterocycles. The van der Waals surface area contributed by atoms with Gasteiger partial charge in [-0.05, 0) is 39.5 Å². The van der Waals surface area contributed by atoms with Crippen LogP contribution in [0.5, 0.6) is 0 Å². The van der Waals surface area contributed by atoms with E-state index in [1.165, 1.54) is 0 Å². The number of hydrogen-bond acceptors (Lipinski definition) is 3. The molecule has 1 N–H and O–H groups in total. The minimum absolute atomic E-state index is 0.0857. The van der Waals surface area contributed by atoms with Crippen molar-refractivity contribution in [2.75, 3.05) is 13.1 Å². The van der Waals surface area contributed by atoms with Gasteiger partial charge >= 0.3 is 12.1 Å². The number of amides is 1. The van der Waals surface area contributed by atoms with Crippen LogP contribution < -0.4 is 0 Å². The number of hydrogen-bond donors (Lipinski definition) is 1. The number of likely N-dealkylation sites (tertiary alicyclic amines) is 1. The zero-order chi connectivity index (χ0) is 13.6. The van der Waals surface area contributed by atoms with Crippen molar-refractivity contribution in [1.82, 2.24) is 4.90 Å². The quantitative estimate of drug-likeness (QED) is 0.779. The molecule has 1 heterocycles. The first kappa shape index (κ1) is 13.2. The SMILES string of the molecule is CC(C)(C)OC(=O)N1CC2CCCC2(C(=O)O)C1. The first-order valence-electron chi connectivity index (χ1n) is 6.46. The Morgan fingerprint density at radius 1 is 1.39 bits per heavy atom. The zero-order valence-electron chi connectivity index (χ0n) is 11.2. The van der Waals surface area contributed by atoms with Crippen LogP contribution in [0.3, 0.4) is 0 Å². The van der Waals surface area contributed by atoms with Crippen molar-refractivity contribution in [1.29, 1.82) is 0 Å². The normalized spacial score (nSPS) is 31.3. The van der Waals surface area contributed by atoms with E-state index in [2.05, 4.69) is 0 Å². The summed E-state index contributed by atoms with van der Waals surface area (Å²) in [5.41, 5.74) is -1.26. The lowest BCUT2D eigenvalue weighted by molar-refractivity contribution is -0.149. The van der Waals surface area contributed by atoms with E-state index in [0.29, 0.717) is 19.5 Å². The highest BCUT2D eigenvalue weighted by atomic mass is 16.6. The van der Waals surface area contributed by atoms with Gasteiger partial charge in [0.2, 0.25) is 0 Å². The molecule has 1 aliphatic heterocycles. The van der Waals surface area contributed by atoms with Crippen molar-refractivity contribution in [3.63, 3.8) is 0 Å². The topological polar surface area (TPSA) is 66.8 Å². The number of aliphatic carboxylic acids is 1. The molecule has 2 rings (SSSR count). The van der Waals surface area contributed by atoms with Crippen molar-refractivity contribution >= 4 is 12.1 Å². The van der Waals surface area contributed by atoms with E-state index in [9.17, 15) is 14.7 Å². The number of carbonyl (C=O) groups is 2. The average molecular weight is 255 g/mol. The van der Waals surface area contributed by atoms with Crippen LogP contribution in [0.1, 0.15) is 40.0 Å². The molecule has 5 nitrogen and oxygen atoms in total. The largest absolute Gasteiger partial charge is 0.481 e. The standard InChI is InChI=1S/C13H21NO4/c1-12(2,3)18-11(17)14-7-9-5-4-6-13(9,8-14)10(15)16/h9H,4-8H2,1-3H3,(H,15,16). The molecule has 1 aliphatic carbocycles. The van der Waals surface area contributed by atoms with Crippen molar-refractivity contribution in [2.24, 2.45) is 11.3 Å². The van der Waals surface area contributed by atoms with Crippen LogP contribution in [0.4, 0.5) is 4.79 Å². The van der Waals surface area contributed by atoms with E-state index in [1.807, 2.05) is 20.8 Å². The summed E-state index contributed by atoms with van der Waals surface area (Å²) in [7, 11) is 0. The number of nitrogens with zero attached hydrogens (tertiary/aromatic N) is 1. The van der Waals surface area contributed by atoms with Gasteiger partial charge in [-0.25, -0.2) is 4.79 Å². The van der Waals surface area contributed by atoms with Crippen LogP contribution in [0.2, 0.25) is 0 Å². The van der Waals surface area contributed by atoms with Crippen LogP contribution in [0.15, 0.2) is 0 Å². The van der Waals surface area contributed by atoms with E-state index >= 15 is 0 Å². The Labute approximate surface area is 107 Å². The summed E-state index contributed by atoms with van der Waals surface area (Å²) in [6, 6.07) is 0. The first-order chi connectivity index (χ1) is 8.24. The van der Waals surface area contributed by atoms with Gasteiger partial charge in [0, 0.05) is 13.1 Å². The molecule has 1 amide bonds. The van der Waals surface area contributed by atoms with Crippen LogP contribution in [-0.2, 0) is 9.53 Å². The summed E-state index contributed by atoms with van der Waals surface area (Å²) in [6.07, 6.45) is 2.12. The molecule has 2 fully saturated rings. The van der Waals surface area contributed by atoms with Crippen molar-refractivity contribution < 1.29 is 19.4 Å². The smallest absolute Gasteiger partial charge is 0.410 e. The Morgan fingerprint density at radius 2 is 2.06 bits per heavy atom. The Morgan fingerprint density at radius 3 is 2.56 bits per heavy atom. The maximum absolute atomic E-state index is 12.0. The second-order valence-corrected chi connectivity index (χ2v) is 6.41. The molecule has 0 radical (unpaired) electrons. The van der Waals surface area contributed by atoms with Crippen molar-refractivity contribution in [3.05, 3.63) is 0 Å². The van der Waals surface area contributed by atoms with Gasteiger partial charge in [0.05, 0.1) is 5.41 Å². The predicted octanol–water partition coefficient (Wildman–Crippen LogP) is 2.11. The fourth-order valence-corrected chi connectivity index (χ4v) is 3.10. The van der Waals surface area contributed by atoms with Gasteiger partial charge in [0.1, 0.15) is 5.60 Å². The minimum Gasteiger partial charge on any atom is -0.481 e. The van der Waals surface area contributed by atoms with E-state index in [1.54, 1.807) is 4.90 Å². The summed E-state index contributed by atoms with van der Waals surface area (Å²) in [4.78, 5) is 25.0. The molecule has 102 valence electrons. The van der Waals surface area contributed by atoms with Gasteiger partial charge in [-0.2, -0.15) is 0 Å². The van der Waals surface area contributed by atoms with Crippen LogP contribution in [-0.4, -0.2) is 40.8 Å². The molecule has 2 aliphatic rings. The minimum atomic E-state index is -0.768. The summed E-state index contributed by atoms with van der Waals surface area (Å²) >= 11 is 0. The number of carboxylic acid groups (broad SMARTS) is 1. The maximum Gasteiger partial charge on any atom is 0.410 e. The summed E-state index contributed by atoms with van der Waals surface area (Å²) in [5.74, 6) is -0.682. The third kappa shape index (κ3) is 2.18. The van der Waals surface area contributed by atoms with Gasteiger partial charge in [0.25, 0.3) is 0 Å². The van der Waals surface area contributed by atoms with E-state index in [-0.39, 0.29) is 5.92 Å². The van der Waals surface area contributed by atoms with Crippen molar-refractivity contribution in [2.45, 2.75) is 45.6 Å². The molecule has 2 unspecified atom stereocenters. The lowest BCUT2D eigenvalue weighted by Gasteiger charge is -2.26. The van der Waals surface area contributed by atoms with E-state index < -0.39 is 23.1 Å². The van der Waals surface area contributed by atoms with Gasteiger partial charge < -0.3 is 14.7 Å². The molecule has 1 saturated heterocycles. The highest BCUT2D eigenvalue weighted by Gasteiger charge is 2.56. The van der Waals surface area contributed by atoms with Crippen LogP contribution in [0.25, 0.3) is 0 Å². The molecule has 1 saturated carbocycles. The highest BCUT2D eigenvalue weighted by Crippen LogP contribution is 2.49. The molecule has 18 heavy (non-hydrogen) atoms. The van der Waals surface area contributed by atoms with E-state index in [0.717, 1.165) is 12.8 Å². The Bertz CT molecular complexity index is 374. The van der Waals surface area contributed by atoms with Crippen LogP contribution >= 0.6 is 0 Å². The van der Waals surface area contributed by atoms with Crippen molar-refractivity contribution in [3.8, 4) is 0 Å². The maximum atomic E-state index is 12.0. The third-order valence-corrected chi connectivity index (χ3v) is 3.95. The zero-order valence-corrected chi connectivity index (χ0v) is 11.2. The molecule has 2 atom stereocenters. The molecule has 0 aromatic rings. The number of carboxylic acids is 1. The third-order valence-electron chi connectivity index (χ3n) is 3.95. The first-order valence-corrected chi connectivity index (χ1v) is 6.46. The van der Waals surface area contributed by atoms with Gasteiger partial charge in [0.15, 0.2) is 0 Å². The Hall–Kier alpha value is -1.26. The lowest BCUT2D eigenvalue weighted by atomic mass is 9.81. The van der Waals surface area contributed by atoms with Crippen LogP contribution in [0, 0.1) is 11.3 Å². The Balaban J connectivity index is 2.08. The molecule has 0 spiro atoms. The number of carbonyl (C=O) groups excluding carboxylic acids is 1. The van der Waals surface area contributed by atoms with Gasteiger partial charge in [-0.15, -0.1) is 0 Å². The molecular weight excluding hydrogens is 234 g/mol. The second kappa shape index (κ2) is 4.14. The summed E-state index contributed by atoms with van der Waals surface area (Å²) < 4.78 is 5.31. The molecular formula is C13H21NO4. The predicted molar refractivity (Wildman–Crippen MR) is 65.2 cm³/mol. The molecule has 0 bridgehead atoms. The number of ether oxygens (including phenoxy) is 1. The lowest BCUT2D eigenvalue weighted by Crippen LogP contribution is -2.39. The number of fused-ring (bicyclic) bond motifs is 1. The Kier molecular flexibility index (Phi) is 3.03. The van der Waals surface area contributed by atoms with Gasteiger partial charge in [-0.1, -0.05) is 6.42 Å².